The SMILES string of the molecule is CN(c1ccc2oc3cccc(Nc4ccccc4-c4cccc(C(=N)N)c4)c3c2c1)c1ccccc1Nc1ccccc1N. The first-order valence-electron chi connectivity index (χ1n) is 14.7. The number of nitrogen functional groups attached to an aromatic ring is 2. The van der Waals surface area contributed by atoms with Crippen molar-refractivity contribution in [3.8, 4) is 11.1 Å². The Kier molecular flexibility index (Phi) is 7.04. The summed E-state index contributed by atoms with van der Waals surface area (Å²) in [5.74, 6) is 0.0419. The van der Waals surface area contributed by atoms with E-state index in [0.717, 1.165) is 67.2 Å². The van der Waals surface area contributed by atoms with E-state index in [9.17, 15) is 0 Å². The number of para-hydroxylation sites is 5. The highest BCUT2D eigenvalue weighted by molar-refractivity contribution is 6.13. The summed E-state index contributed by atoms with van der Waals surface area (Å²) in [7, 11) is 2.06. The van der Waals surface area contributed by atoms with Crippen LogP contribution in [0.4, 0.5) is 39.8 Å². The van der Waals surface area contributed by atoms with Crippen LogP contribution in [0.2, 0.25) is 0 Å². The topological polar surface area (TPSA) is 116 Å². The quantitative estimate of drug-likeness (QED) is 0.0686. The first-order valence-corrected chi connectivity index (χ1v) is 14.7. The maximum atomic E-state index is 7.89. The lowest BCUT2D eigenvalue weighted by molar-refractivity contribution is 0.669. The molecule has 0 atom stereocenters. The van der Waals surface area contributed by atoms with Crippen molar-refractivity contribution in [3.63, 3.8) is 0 Å². The van der Waals surface area contributed by atoms with E-state index in [2.05, 4.69) is 65.0 Å². The van der Waals surface area contributed by atoms with Gasteiger partial charge in [-0.05, 0) is 72.3 Å². The number of hydrogen-bond donors (Lipinski definition) is 5. The van der Waals surface area contributed by atoms with Gasteiger partial charge in [0, 0.05) is 34.9 Å². The van der Waals surface area contributed by atoms with E-state index in [1.807, 2.05) is 91.0 Å². The van der Waals surface area contributed by atoms with Gasteiger partial charge in [-0.25, -0.2) is 0 Å². The summed E-state index contributed by atoms with van der Waals surface area (Å²) >= 11 is 0. The average Bonchev–Trinajstić information content (AvgIpc) is 3.45. The van der Waals surface area contributed by atoms with Crippen LogP contribution in [0, 0.1) is 5.41 Å². The third kappa shape index (κ3) is 5.28. The zero-order valence-corrected chi connectivity index (χ0v) is 24.7. The zero-order chi connectivity index (χ0) is 30.9. The summed E-state index contributed by atoms with van der Waals surface area (Å²) in [5, 5.41) is 17.1. The van der Waals surface area contributed by atoms with Crippen LogP contribution in [0.25, 0.3) is 33.1 Å². The molecule has 7 N–H and O–H groups in total. The minimum absolute atomic E-state index is 0.0419. The Morgan fingerprint density at radius 3 is 2.18 bits per heavy atom. The van der Waals surface area contributed by atoms with E-state index in [1.54, 1.807) is 0 Å². The fraction of sp³-hybridized carbons (Fsp3) is 0.0263. The maximum absolute atomic E-state index is 7.89. The van der Waals surface area contributed by atoms with Crippen molar-refractivity contribution in [1.82, 2.24) is 0 Å². The monoisotopic (exact) mass is 588 g/mol. The summed E-state index contributed by atoms with van der Waals surface area (Å²) < 4.78 is 6.32. The maximum Gasteiger partial charge on any atom is 0.137 e. The van der Waals surface area contributed by atoms with Gasteiger partial charge in [-0.3, -0.25) is 5.41 Å². The van der Waals surface area contributed by atoms with E-state index >= 15 is 0 Å². The molecular formula is C38H32N6O. The first-order chi connectivity index (χ1) is 22.0. The molecule has 0 saturated heterocycles. The van der Waals surface area contributed by atoms with E-state index in [1.165, 1.54) is 0 Å². The Morgan fingerprint density at radius 2 is 1.36 bits per heavy atom. The van der Waals surface area contributed by atoms with Gasteiger partial charge in [0.05, 0.1) is 33.8 Å². The summed E-state index contributed by atoms with van der Waals surface area (Å²) in [6, 6.07) is 44.2. The highest BCUT2D eigenvalue weighted by atomic mass is 16.3. The minimum Gasteiger partial charge on any atom is -0.456 e. The Balaban J connectivity index is 1.28. The van der Waals surface area contributed by atoms with Crippen LogP contribution < -0.4 is 27.0 Å². The standard InChI is InChI=1S/C38H32N6O/c1-44(34-18-7-6-16-32(34)43-31-15-5-3-13-29(31)39)26-20-21-35-28(23-26)37-33(17-9-19-36(37)45-35)42-30-14-4-2-12-27(30)24-10-8-11-25(22-24)38(40)41/h2-23,42-43H,39H2,1H3,(H3,40,41). The van der Waals surface area contributed by atoms with Gasteiger partial charge in [0.1, 0.15) is 17.0 Å². The van der Waals surface area contributed by atoms with Crippen LogP contribution in [-0.4, -0.2) is 12.9 Å². The molecule has 1 heterocycles. The summed E-state index contributed by atoms with van der Waals surface area (Å²) in [6.07, 6.45) is 0. The molecule has 7 rings (SSSR count). The van der Waals surface area contributed by atoms with Crippen molar-refractivity contribution in [3.05, 3.63) is 139 Å². The molecule has 220 valence electrons. The number of nitrogens with one attached hydrogen (secondary N) is 3. The van der Waals surface area contributed by atoms with Crippen molar-refractivity contribution in [2.45, 2.75) is 0 Å². The molecule has 0 unspecified atom stereocenters. The van der Waals surface area contributed by atoms with Gasteiger partial charge in [-0.2, -0.15) is 0 Å². The molecule has 1 aromatic heterocycles. The number of nitrogens with two attached hydrogens (primary N) is 2. The average molecular weight is 589 g/mol. The van der Waals surface area contributed by atoms with Gasteiger partial charge in [-0.15, -0.1) is 0 Å². The van der Waals surface area contributed by atoms with Crippen molar-refractivity contribution in [2.75, 3.05) is 28.3 Å². The number of rotatable bonds is 8. The minimum atomic E-state index is 0.0419. The second-order valence-corrected chi connectivity index (χ2v) is 10.9. The van der Waals surface area contributed by atoms with Gasteiger partial charge in [0.25, 0.3) is 0 Å². The predicted molar refractivity (Wildman–Crippen MR) is 189 cm³/mol. The summed E-state index contributed by atoms with van der Waals surface area (Å²) in [6.45, 7) is 0. The Bertz CT molecular complexity index is 2200. The molecule has 0 aliphatic rings. The van der Waals surface area contributed by atoms with Crippen LogP contribution in [0.1, 0.15) is 5.56 Å². The second-order valence-electron chi connectivity index (χ2n) is 10.9. The van der Waals surface area contributed by atoms with Crippen LogP contribution >= 0.6 is 0 Å². The Morgan fingerprint density at radius 1 is 0.667 bits per heavy atom. The molecule has 6 aromatic carbocycles. The van der Waals surface area contributed by atoms with Crippen LogP contribution in [0.3, 0.4) is 0 Å². The number of hydrogen-bond acceptors (Lipinski definition) is 6. The normalized spacial score (nSPS) is 11.0. The number of fused-ring (bicyclic) bond motifs is 3. The molecule has 0 radical (unpaired) electrons. The fourth-order valence-corrected chi connectivity index (χ4v) is 5.74. The highest BCUT2D eigenvalue weighted by Crippen LogP contribution is 2.41. The van der Waals surface area contributed by atoms with Gasteiger partial charge in [-0.1, -0.05) is 66.7 Å². The lowest BCUT2D eigenvalue weighted by Gasteiger charge is -2.23. The highest BCUT2D eigenvalue weighted by Gasteiger charge is 2.16. The second kappa shape index (κ2) is 11.5. The third-order valence-electron chi connectivity index (χ3n) is 8.04. The van der Waals surface area contributed by atoms with Crippen molar-refractivity contribution < 1.29 is 4.42 Å². The van der Waals surface area contributed by atoms with E-state index in [4.69, 9.17) is 21.3 Å². The molecule has 7 heteroatoms. The number of nitrogens with zero attached hydrogens (tertiary/aromatic N) is 1. The molecule has 0 bridgehead atoms. The van der Waals surface area contributed by atoms with E-state index < -0.39 is 0 Å². The number of furan rings is 1. The van der Waals surface area contributed by atoms with E-state index in [-0.39, 0.29) is 5.84 Å². The van der Waals surface area contributed by atoms with Crippen molar-refractivity contribution in [2.24, 2.45) is 5.73 Å². The molecule has 0 amide bonds. The molecule has 0 spiro atoms. The van der Waals surface area contributed by atoms with E-state index in [0.29, 0.717) is 11.3 Å². The largest absolute Gasteiger partial charge is 0.456 e. The van der Waals surface area contributed by atoms with Gasteiger partial charge >= 0.3 is 0 Å². The third-order valence-corrected chi connectivity index (χ3v) is 8.04. The van der Waals surface area contributed by atoms with Gasteiger partial charge in [0.2, 0.25) is 0 Å². The summed E-state index contributed by atoms with van der Waals surface area (Å²) in [5.41, 5.74) is 22.7. The molecule has 7 nitrogen and oxygen atoms in total. The fourth-order valence-electron chi connectivity index (χ4n) is 5.74. The van der Waals surface area contributed by atoms with Crippen molar-refractivity contribution >= 4 is 67.6 Å². The molecule has 0 aliphatic heterocycles. The number of benzene rings is 6. The Labute approximate surface area is 261 Å². The molecule has 45 heavy (non-hydrogen) atoms. The van der Waals surface area contributed by atoms with Crippen LogP contribution in [0.15, 0.2) is 138 Å². The molecule has 0 saturated carbocycles. The van der Waals surface area contributed by atoms with Crippen LogP contribution in [0.5, 0.6) is 0 Å². The van der Waals surface area contributed by atoms with Gasteiger partial charge in [0.15, 0.2) is 0 Å². The zero-order valence-electron chi connectivity index (χ0n) is 24.7. The lowest BCUT2D eigenvalue weighted by Crippen LogP contribution is -2.11. The number of amidine groups is 1. The predicted octanol–water partition coefficient (Wildman–Crippen LogP) is 9.37. The number of anilines is 7. The van der Waals surface area contributed by atoms with Crippen molar-refractivity contribution in [1.29, 1.82) is 5.41 Å². The first kappa shape index (κ1) is 27.6. The lowest BCUT2D eigenvalue weighted by atomic mass is 10.0. The smallest absolute Gasteiger partial charge is 0.137 e. The van der Waals surface area contributed by atoms with Crippen LogP contribution in [-0.2, 0) is 0 Å². The van der Waals surface area contributed by atoms with Gasteiger partial charge < -0.3 is 31.4 Å². The molecular weight excluding hydrogens is 556 g/mol. The summed E-state index contributed by atoms with van der Waals surface area (Å²) in [4.78, 5) is 2.16. The molecule has 7 aromatic rings. The molecule has 0 fully saturated rings. The molecule has 0 aliphatic carbocycles. The Hall–Kier alpha value is -6.21.